The first-order valence-electron chi connectivity index (χ1n) is 9.22. The molecule has 6 nitrogen and oxygen atoms in total. The highest BCUT2D eigenvalue weighted by atomic mass is 79.9. The van der Waals surface area contributed by atoms with Crippen molar-refractivity contribution in [1.29, 1.82) is 0 Å². The van der Waals surface area contributed by atoms with Gasteiger partial charge in [-0.15, -0.1) is 6.58 Å². The van der Waals surface area contributed by atoms with Crippen LogP contribution in [0.4, 0.5) is 4.79 Å². The van der Waals surface area contributed by atoms with Crippen LogP contribution >= 0.6 is 27.5 Å². The number of amides is 3. The summed E-state index contributed by atoms with van der Waals surface area (Å²) in [4.78, 5) is 25.5. The first-order chi connectivity index (χ1) is 14.4. The molecule has 1 heterocycles. The third kappa shape index (κ3) is 5.04. The zero-order valence-electron chi connectivity index (χ0n) is 16.3. The summed E-state index contributed by atoms with van der Waals surface area (Å²) >= 11 is 9.42. The number of nitrogens with one attached hydrogen (secondary N) is 1. The lowest BCUT2D eigenvalue weighted by molar-refractivity contribution is -0.122. The Hall–Kier alpha value is -2.77. The average Bonchev–Trinajstić information content (AvgIpc) is 2.98. The third-order valence-electron chi connectivity index (χ3n) is 4.24. The van der Waals surface area contributed by atoms with Gasteiger partial charge in [0.2, 0.25) is 0 Å². The minimum absolute atomic E-state index is 0.144. The molecule has 0 unspecified atom stereocenters. The van der Waals surface area contributed by atoms with Gasteiger partial charge in [-0.25, -0.2) is 4.79 Å². The molecule has 156 valence electrons. The molecule has 2 aromatic rings. The van der Waals surface area contributed by atoms with Crippen LogP contribution in [0.2, 0.25) is 5.02 Å². The Kier molecular flexibility index (Phi) is 7.18. The molecular weight excluding hydrogens is 472 g/mol. The van der Waals surface area contributed by atoms with Crippen LogP contribution < -0.4 is 14.8 Å². The summed E-state index contributed by atoms with van der Waals surface area (Å²) in [5.41, 5.74) is 1.81. The number of hydrogen-bond acceptors (Lipinski definition) is 4. The maximum Gasteiger partial charge on any atom is 0.329 e. The van der Waals surface area contributed by atoms with Gasteiger partial charge in [0.05, 0.1) is 6.61 Å². The average molecular weight is 492 g/mol. The minimum atomic E-state index is -0.477. The Balaban J connectivity index is 1.85. The van der Waals surface area contributed by atoms with Crippen molar-refractivity contribution < 1.29 is 19.1 Å². The maximum atomic E-state index is 12.4. The molecule has 0 spiro atoms. The number of hydrogen-bond donors (Lipinski definition) is 1. The lowest BCUT2D eigenvalue weighted by Gasteiger charge is -2.14. The van der Waals surface area contributed by atoms with E-state index >= 15 is 0 Å². The first kappa shape index (κ1) is 21.9. The van der Waals surface area contributed by atoms with Crippen LogP contribution in [0.1, 0.15) is 18.1 Å². The standard InChI is InChI=1S/C22H20BrClN2O4/c1-3-9-26-21(27)18(25-22(26)28)10-15-11-19(29-4-2)20(12-17(15)23)30-13-14-5-7-16(24)8-6-14/h3,5-8,10-12H,1,4,9,13H2,2H3,(H,25,28)/b18-10+. The van der Waals surface area contributed by atoms with Gasteiger partial charge in [0.1, 0.15) is 12.3 Å². The second-order valence-electron chi connectivity index (χ2n) is 6.36. The van der Waals surface area contributed by atoms with E-state index in [-0.39, 0.29) is 12.2 Å². The van der Waals surface area contributed by atoms with Gasteiger partial charge in [0.25, 0.3) is 5.91 Å². The normalized spacial score (nSPS) is 14.8. The lowest BCUT2D eigenvalue weighted by Crippen LogP contribution is -2.30. The first-order valence-corrected chi connectivity index (χ1v) is 10.4. The quantitative estimate of drug-likeness (QED) is 0.315. The summed E-state index contributed by atoms with van der Waals surface area (Å²) in [5.74, 6) is 0.671. The van der Waals surface area contributed by atoms with Gasteiger partial charge in [-0.3, -0.25) is 9.69 Å². The summed E-state index contributed by atoms with van der Waals surface area (Å²) in [6.45, 7) is 6.36. The molecule has 3 rings (SSSR count). The number of halogens is 2. The number of rotatable bonds is 8. The fourth-order valence-electron chi connectivity index (χ4n) is 2.81. The molecule has 3 amide bonds. The van der Waals surface area contributed by atoms with E-state index in [2.05, 4.69) is 27.8 Å². The fraction of sp³-hybridized carbons (Fsp3) is 0.182. The maximum absolute atomic E-state index is 12.4. The molecule has 1 aliphatic heterocycles. The molecule has 0 aliphatic carbocycles. The van der Waals surface area contributed by atoms with Crippen molar-refractivity contribution in [1.82, 2.24) is 10.2 Å². The van der Waals surface area contributed by atoms with Gasteiger partial charge >= 0.3 is 6.03 Å². The summed E-state index contributed by atoms with van der Waals surface area (Å²) in [7, 11) is 0. The van der Waals surface area contributed by atoms with Gasteiger partial charge in [-0.1, -0.05) is 45.7 Å². The second-order valence-corrected chi connectivity index (χ2v) is 7.65. The third-order valence-corrected chi connectivity index (χ3v) is 5.18. The minimum Gasteiger partial charge on any atom is -0.490 e. The van der Waals surface area contributed by atoms with E-state index in [1.54, 1.807) is 30.3 Å². The summed E-state index contributed by atoms with van der Waals surface area (Å²) in [6, 6.07) is 10.4. The summed E-state index contributed by atoms with van der Waals surface area (Å²) in [5, 5.41) is 3.24. The fourth-order valence-corrected chi connectivity index (χ4v) is 3.37. The zero-order chi connectivity index (χ0) is 21.7. The van der Waals surface area contributed by atoms with Gasteiger partial charge in [0.15, 0.2) is 11.5 Å². The number of carbonyl (C=O) groups excluding carboxylic acids is 2. The van der Waals surface area contributed by atoms with Crippen LogP contribution in [0.15, 0.2) is 59.2 Å². The topological polar surface area (TPSA) is 67.9 Å². The number of urea groups is 1. The van der Waals surface area contributed by atoms with E-state index in [0.29, 0.717) is 39.8 Å². The molecule has 0 saturated carbocycles. The van der Waals surface area contributed by atoms with Crippen molar-refractivity contribution in [2.24, 2.45) is 0 Å². The highest BCUT2D eigenvalue weighted by Crippen LogP contribution is 2.35. The van der Waals surface area contributed by atoms with Crippen LogP contribution in [-0.4, -0.2) is 30.0 Å². The number of imide groups is 1. The molecular formula is C22H20BrClN2O4. The molecule has 1 fully saturated rings. The smallest absolute Gasteiger partial charge is 0.329 e. The summed E-state index contributed by atoms with van der Waals surface area (Å²) < 4.78 is 12.3. The van der Waals surface area contributed by atoms with E-state index in [1.807, 2.05) is 19.1 Å². The second kappa shape index (κ2) is 9.82. The predicted molar refractivity (Wildman–Crippen MR) is 120 cm³/mol. The van der Waals surface area contributed by atoms with E-state index in [1.165, 1.54) is 6.08 Å². The molecule has 0 radical (unpaired) electrons. The molecule has 8 heteroatoms. The molecule has 0 aromatic heterocycles. The Labute approximate surface area is 188 Å². The van der Waals surface area contributed by atoms with Crippen LogP contribution in [-0.2, 0) is 11.4 Å². The van der Waals surface area contributed by atoms with Crippen LogP contribution in [0, 0.1) is 0 Å². The van der Waals surface area contributed by atoms with E-state index in [0.717, 1.165) is 10.5 Å². The number of carbonyl (C=O) groups is 2. The largest absolute Gasteiger partial charge is 0.490 e. The highest BCUT2D eigenvalue weighted by molar-refractivity contribution is 9.10. The Morgan fingerprint density at radius 2 is 1.87 bits per heavy atom. The highest BCUT2D eigenvalue weighted by Gasteiger charge is 2.32. The molecule has 1 saturated heterocycles. The van der Waals surface area contributed by atoms with Gasteiger partial charge < -0.3 is 14.8 Å². The molecule has 1 N–H and O–H groups in total. The molecule has 2 aromatic carbocycles. The molecule has 0 bridgehead atoms. The lowest BCUT2D eigenvalue weighted by atomic mass is 10.1. The number of benzene rings is 2. The SMILES string of the molecule is C=CCN1C(=O)N/C(=C/c2cc(OCC)c(OCc3ccc(Cl)cc3)cc2Br)C1=O. The Morgan fingerprint density at radius 3 is 2.53 bits per heavy atom. The van der Waals surface area contributed by atoms with E-state index in [9.17, 15) is 9.59 Å². The van der Waals surface area contributed by atoms with E-state index < -0.39 is 11.9 Å². The van der Waals surface area contributed by atoms with Gasteiger partial charge in [-0.05, 0) is 48.4 Å². The van der Waals surface area contributed by atoms with Crippen molar-refractivity contribution in [2.75, 3.05) is 13.2 Å². The number of ether oxygens (including phenoxy) is 2. The van der Waals surface area contributed by atoms with Gasteiger partial charge in [-0.2, -0.15) is 0 Å². The van der Waals surface area contributed by atoms with E-state index in [4.69, 9.17) is 21.1 Å². The monoisotopic (exact) mass is 490 g/mol. The number of nitrogens with zero attached hydrogens (tertiary/aromatic N) is 1. The van der Waals surface area contributed by atoms with Crippen molar-refractivity contribution in [3.8, 4) is 11.5 Å². The van der Waals surface area contributed by atoms with Crippen molar-refractivity contribution in [3.05, 3.63) is 75.4 Å². The van der Waals surface area contributed by atoms with Crippen LogP contribution in [0.3, 0.4) is 0 Å². The van der Waals surface area contributed by atoms with Crippen LogP contribution in [0.5, 0.6) is 11.5 Å². The Bertz CT molecular complexity index is 1000. The van der Waals surface area contributed by atoms with Crippen molar-refractivity contribution in [2.45, 2.75) is 13.5 Å². The molecule has 30 heavy (non-hydrogen) atoms. The van der Waals surface area contributed by atoms with Gasteiger partial charge in [0, 0.05) is 16.0 Å². The molecule has 1 aliphatic rings. The van der Waals surface area contributed by atoms with Crippen molar-refractivity contribution >= 4 is 45.5 Å². The van der Waals surface area contributed by atoms with Crippen LogP contribution in [0.25, 0.3) is 6.08 Å². The summed E-state index contributed by atoms with van der Waals surface area (Å²) in [6.07, 6.45) is 3.09. The van der Waals surface area contributed by atoms with Crippen molar-refractivity contribution in [3.63, 3.8) is 0 Å². The Morgan fingerprint density at radius 1 is 1.17 bits per heavy atom. The predicted octanol–water partition coefficient (Wildman–Crippen LogP) is 5.16. The zero-order valence-corrected chi connectivity index (χ0v) is 18.6. The molecule has 0 atom stereocenters.